The van der Waals surface area contributed by atoms with Crippen molar-refractivity contribution in [3.05, 3.63) is 94.4 Å². The molecule has 1 aliphatic heterocycles. The van der Waals surface area contributed by atoms with Crippen molar-refractivity contribution in [2.24, 2.45) is 0 Å². The van der Waals surface area contributed by atoms with Crippen molar-refractivity contribution in [1.82, 2.24) is 14.8 Å². The van der Waals surface area contributed by atoms with Gasteiger partial charge >= 0.3 is 0 Å². The van der Waals surface area contributed by atoms with E-state index in [-0.39, 0.29) is 11.5 Å². The number of rotatable bonds is 3. The topological polar surface area (TPSA) is 56.4 Å². The third kappa shape index (κ3) is 3.48. The number of nitrogens with zero attached hydrogens (tertiary/aromatic N) is 2. The molecule has 0 spiro atoms. The van der Waals surface area contributed by atoms with Gasteiger partial charge in [0, 0.05) is 38.1 Å². The molecule has 2 heterocycles. The molecule has 1 N–H and O–H groups in total. The summed E-state index contributed by atoms with van der Waals surface area (Å²) in [7, 11) is 0. The number of nitrogens with one attached hydrogen (secondary N) is 1. The summed E-state index contributed by atoms with van der Waals surface area (Å²) < 4.78 is 0. The Morgan fingerprint density at radius 3 is 2.27 bits per heavy atom. The van der Waals surface area contributed by atoms with Gasteiger partial charge in [0.05, 0.1) is 0 Å². The summed E-state index contributed by atoms with van der Waals surface area (Å²) in [6, 6.07) is 24.0. The maximum Gasteiger partial charge on any atom is 0.270 e. The van der Waals surface area contributed by atoms with Gasteiger partial charge in [0.2, 0.25) is 0 Å². The molecule has 4 aromatic rings. The average Bonchev–Trinajstić information content (AvgIpc) is 2.79. The number of H-pyrrole nitrogens is 1. The van der Waals surface area contributed by atoms with E-state index in [2.05, 4.69) is 52.3 Å². The first-order chi connectivity index (χ1) is 14.7. The van der Waals surface area contributed by atoms with Crippen LogP contribution in [0.15, 0.2) is 77.6 Å². The lowest BCUT2D eigenvalue weighted by Gasteiger charge is -2.34. The predicted molar refractivity (Wildman–Crippen MR) is 120 cm³/mol. The van der Waals surface area contributed by atoms with Gasteiger partial charge in [-0.05, 0) is 33.9 Å². The highest BCUT2D eigenvalue weighted by molar-refractivity contribution is 5.96. The van der Waals surface area contributed by atoms with Gasteiger partial charge in [0.25, 0.3) is 11.5 Å². The molecule has 5 rings (SSSR count). The van der Waals surface area contributed by atoms with Crippen molar-refractivity contribution in [1.29, 1.82) is 0 Å². The number of piperazine rings is 1. The minimum atomic E-state index is -0.217. The van der Waals surface area contributed by atoms with Gasteiger partial charge in [-0.15, -0.1) is 0 Å². The van der Waals surface area contributed by atoms with E-state index in [0.29, 0.717) is 24.2 Å². The molecule has 0 atom stereocenters. The van der Waals surface area contributed by atoms with E-state index >= 15 is 0 Å². The van der Waals surface area contributed by atoms with Crippen molar-refractivity contribution < 1.29 is 4.79 Å². The number of aromatic amines is 1. The molecule has 30 heavy (non-hydrogen) atoms. The van der Waals surface area contributed by atoms with E-state index in [0.717, 1.165) is 25.0 Å². The highest BCUT2D eigenvalue weighted by Gasteiger charge is 2.23. The van der Waals surface area contributed by atoms with E-state index in [9.17, 15) is 9.59 Å². The molecule has 0 unspecified atom stereocenters. The zero-order valence-corrected chi connectivity index (χ0v) is 16.7. The molecule has 1 amide bonds. The molecule has 1 aromatic heterocycles. The summed E-state index contributed by atoms with van der Waals surface area (Å²) in [5, 5.41) is 3.93. The number of aromatic nitrogens is 1. The predicted octanol–water partition coefficient (Wildman–Crippen LogP) is 3.64. The second-order valence-corrected chi connectivity index (χ2v) is 7.81. The van der Waals surface area contributed by atoms with E-state index < -0.39 is 0 Å². The van der Waals surface area contributed by atoms with Gasteiger partial charge in [-0.3, -0.25) is 14.5 Å². The third-order valence-electron chi connectivity index (χ3n) is 5.92. The third-order valence-corrected chi connectivity index (χ3v) is 5.92. The minimum Gasteiger partial charge on any atom is -0.335 e. The second kappa shape index (κ2) is 7.76. The van der Waals surface area contributed by atoms with Crippen LogP contribution in [0.25, 0.3) is 21.5 Å². The molecular formula is C25H23N3O2. The van der Waals surface area contributed by atoms with Crippen molar-refractivity contribution in [3.8, 4) is 0 Å². The van der Waals surface area contributed by atoms with E-state index in [4.69, 9.17) is 0 Å². The zero-order valence-electron chi connectivity index (χ0n) is 16.7. The fraction of sp³-hybridized carbons (Fsp3) is 0.200. The quantitative estimate of drug-likeness (QED) is 0.574. The Bertz CT molecular complexity index is 1280. The number of hydrogen-bond donors (Lipinski definition) is 1. The molecule has 1 saturated heterocycles. The number of carbonyl (C=O) groups is 1. The molecule has 3 aromatic carbocycles. The number of hydrogen-bond acceptors (Lipinski definition) is 3. The molecule has 0 aliphatic carbocycles. The number of amides is 1. The molecule has 1 fully saturated rings. The molecule has 0 radical (unpaired) electrons. The van der Waals surface area contributed by atoms with Crippen molar-refractivity contribution in [3.63, 3.8) is 0 Å². The zero-order chi connectivity index (χ0) is 20.5. The van der Waals surface area contributed by atoms with Gasteiger partial charge in [0.1, 0.15) is 5.69 Å². The van der Waals surface area contributed by atoms with Crippen LogP contribution >= 0.6 is 0 Å². The van der Waals surface area contributed by atoms with E-state index in [1.165, 1.54) is 16.3 Å². The SMILES string of the molecule is O=C(c1cc2ccccc2c(=O)[nH]1)N1CCN(Cc2cccc3ccccc23)CC1. The van der Waals surface area contributed by atoms with Crippen LogP contribution in [0.2, 0.25) is 0 Å². The minimum absolute atomic E-state index is 0.109. The van der Waals surface area contributed by atoms with Crippen LogP contribution in [0.4, 0.5) is 0 Å². The van der Waals surface area contributed by atoms with Crippen LogP contribution in [0.3, 0.4) is 0 Å². The maximum atomic E-state index is 13.0. The smallest absolute Gasteiger partial charge is 0.270 e. The lowest BCUT2D eigenvalue weighted by molar-refractivity contribution is 0.0623. The fourth-order valence-electron chi connectivity index (χ4n) is 4.28. The Morgan fingerprint density at radius 1 is 0.800 bits per heavy atom. The molecule has 150 valence electrons. The summed E-state index contributed by atoms with van der Waals surface area (Å²) in [5.41, 5.74) is 1.46. The number of benzene rings is 3. The summed E-state index contributed by atoms with van der Waals surface area (Å²) in [6.07, 6.45) is 0. The monoisotopic (exact) mass is 397 g/mol. The van der Waals surface area contributed by atoms with E-state index in [1.807, 2.05) is 23.1 Å². The molecule has 0 bridgehead atoms. The highest BCUT2D eigenvalue weighted by Crippen LogP contribution is 2.21. The first kappa shape index (κ1) is 18.6. The van der Waals surface area contributed by atoms with Crippen LogP contribution in [0, 0.1) is 0 Å². The van der Waals surface area contributed by atoms with Crippen LogP contribution in [0.1, 0.15) is 16.1 Å². The van der Waals surface area contributed by atoms with Crippen molar-refractivity contribution >= 4 is 27.5 Å². The number of carbonyl (C=O) groups excluding carboxylic acids is 1. The van der Waals surface area contributed by atoms with Gasteiger partial charge in [-0.1, -0.05) is 60.7 Å². The summed E-state index contributed by atoms with van der Waals surface area (Å²) in [5.74, 6) is -0.109. The van der Waals surface area contributed by atoms with Crippen molar-refractivity contribution in [2.45, 2.75) is 6.54 Å². The Morgan fingerprint density at radius 2 is 1.47 bits per heavy atom. The van der Waals surface area contributed by atoms with Crippen LogP contribution in [-0.4, -0.2) is 46.9 Å². The summed E-state index contributed by atoms with van der Waals surface area (Å²) in [4.78, 5) is 32.3. The summed E-state index contributed by atoms with van der Waals surface area (Å²) in [6.45, 7) is 3.80. The Hall–Kier alpha value is -3.44. The van der Waals surface area contributed by atoms with Crippen LogP contribution in [0.5, 0.6) is 0 Å². The van der Waals surface area contributed by atoms with Crippen molar-refractivity contribution in [2.75, 3.05) is 26.2 Å². The molecule has 5 nitrogen and oxygen atoms in total. The van der Waals surface area contributed by atoms with Crippen LogP contribution in [-0.2, 0) is 6.54 Å². The Labute approximate surface area is 174 Å². The van der Waals surface area contributed by atoms with Crippen LogP contribution < -0.4 is 5.56 Å². The van der Waals surface area contributed by atoms with E-state index in [1.54, 1.807) is 12.1 Å². The Balaban J connectivity index is 1.29. The normalized spacial score (nSPS) is 15.0. The van der Waals surface area contributed by atoms with Gasteiger partial charge < -0.3 is 9.88 Å². The number of fused-ring (bicyclic) bond motifs is 2. The lowest BCUT2D eigenvalue weighted by Crippen LogP contribution is -2.48. The molecular weight excluding hydrogens is 374 g/mol. The molecule has 0 saturated carbocycles. The Kier molecular flexibility index (Phi) is 4.81. The lowest BCUT2D eigenvalue weighted by atomic mass is 10.0. The summed E-state index contributed by atoms with van der Waals surface area (Å²) >= 11 is 0. The fourth-order valence-corrected chi connectivity index (χ4v) is 4.28. The highest BCUT2D eigenvalue weighted by atomic mass is 16.2. The first-order valence-electron chi connectivity index (χ1n) is 10.3. The molecule has 1 aliphatic rings. The molecule has 5 heteroatoms. The maximum absolute atomic E-state index is 13.0. The van der Waals surface area contributed by atoms with Gasteiger partial charge in [-0.2, -0.15) is 0 Å². The number of pyridine rings is 1. The average molecular weight is 397 g/mol. The first-order valence-corrected chi connectivity index (χ1v) is 10.3. The van der Waals surface area contributed by atoms with Gasteiger partial charge in [0.15, 0.2) is 0 Å². The second-order valence-electron chi connectivity index (χ2n) is 7.81. The largest absolute Gasteiger partial charge is 0.335 e. The van der Waals surface area contributed by atoms with Gasteiger partial charge in [-0.25, -0.2) is 0 Å². The standard InChI is InChI=1S/C25H23N3O2/c29-24-22-11-4-2-7-19(22)16-23(26-24)25(30)28-14-12-27(13-15-28)17-20-9-5-8-18-6-1-3-10-21(18)20/h1-11,16H,12-15,17H2,(H,26,29).